The molecule has 22 heavy (non-hydrogen) atoms. The summed E-state index contributed by atoms with van der Waals surface area (Å²) >= 11 is 0. The predicted molar refractivity (Wildman–Crippen MR) is 92.8 cm³/mol. The van der Waals surface area contributed by atoms with E-state index in [1.165, 1.54) is 55.5 Å². The monoisotopic (exact) mass is 298 g/mol. The van der Waals surface area contributed by atoms with E-state index in [0.717, 1.165) is 12.2 Å². The molecule has 3 nitrogen and oxygen atoms in total. The summed E-state index contributed by atoms with van der Waals surface area (Å²) in [5.41, 5.74) is 1.36. The summed E-state index contributed by atoms with van der Waals surface area (Å²) in [6, 6.07) is 12.9. The van der Waals surface area contributed by atoms with Crippen molar-refractivity contribution in [3.8, 4) is 5.75 Å². The number of benzene rings is 2. The average Bonchev–Trinajstić information content (AvgIpc) is 2.56. The van der Waals surface area contributed by atoms with Gasteiger partial charge in [-0.15, -0.1) is 0 Å². The van der Waals surface area contributed by atoms with Crippen molar-refractivity contribution in [1.29, 1.82) is 0 Å². The molecule has 0 aliphatic carbocycles. The zero-order valence-electron chi connectivity index (χ0n) is 13.7. The molecular weight excluding hydrogens is 272 g/mol. The molecule has 0 N–H and O–H groups in total. The lowest BCUT2D eigenvalue weighted by Crippen LogP contribution is -2.44. The molecular formula is C19H26N2O. The number of hydrogen-bond donors (Lipinski definition) is 0. The summed E-state index contributed by atoms with van der Waals surface area (Å²) < 4.78 is 5.59. The maximum Gasteiger partial charge on any atom is 0.122 e. The van der Waals surface area contributed by atoms with Crippen molar-refractivity contribution < 1.29 is 4.74 Å². The zero-order chi connectivity index (χ0) is 15.4. The quantitative estimate of drug-likeness (QED) is 0.844. The van der Waals surface area contributed by atoms with E-state index < -0.39 is 0 Å². The highest BCUT2D eigenvalue weighted by atomic mass is 16.5. The summed E-state index contributed by atoms with van der Waals surface area (Å²) in [4.78, 5) is 4.99. The maximum atomic E-state index is 5.59. The lowest BCUT2D eigenvalue weighted by Gasteiger charge is -2.32. The summed E-state index contributed by atoms with van der Waals surface area (Å²) in [5, 5.41) is 2.64. The molecule has 1 aliphatic heterocycles. The topological polar surface area (TPSA) is 15.7 Å². The molecule has 0 saturated carbocycles. The van der Waals surface area contributed by atoms with Crippen LogP contribution in [0.5, 0.6) is 5.75 Å². The number of aryl methyl sites for hydroxylation is 1. The van der Waals surface area contributed by atoms with E-state index in [1.54, 1.807) is 7.11 Å². The van der Waals surface area contributed by atoms with Crippen LogP contribution in [0.2, 0.25) is 0 Å². The molecule has 1 fully saturated rings. The molecule has 0 unspecified atom stereocenters. The number of fused-ring (bicyclic) bond motifs is 1. The molecule has 1 heterocycles. The Hall–Kier alpha value is -1.58. The van der Waals surface area contributed by atoms with Crippen molar-refractivity contribution in [2.45, 2.75) is 12.8 Å². The van der Waals surface area contributed by atoms with E-state index in [-0.39, 0.29) is 0 Å². The van der Waals surface area contributed by atoms with Gasteiger partial charge in [0.05, 0.1) is 7.11 Å². The molecule has 1 aliphatic rings. The molecule has 0 aromatic heterocycles. The van der Waals surface area contributed by atoms with Gasteiger partial charge in [0.25, 0.3) is 0 Å². The fraction of sp³-hybridized carbons (Fsp3) is 0.474. The van der Waals surface area contributed by atoms with Crippen molar-refractivity contribution in [3.05, 3.63) is 42.0 Å². The van der Waals surface area contributed by atoms with Crippen LogP contribution in [0.3, 0.4) is 0 Å². The second kappa shape index (κ2) is 7.12. The second-order valence-electron chi connectivity index (χ2n) is 6.22. The Kier molecular flexibility index (Phi) is 4.96. The minimum Gasteiger partial charge on any atom is -0.496 e. The smallest absolute Gasteiger partial charge is 0.122 e. The van der Waals surface area contributed by atoms with Gasteiger partial charge < -0.3 is 14.5 Å². The molecule has 0 bridgehead atoms. The summed E-state index contributed by atoms with van der Waals surface area (Å²) in [7, 11) is 3.98. The molecule has 3 rings (SSSR count). The number of likely N-dealkylation sites (N-methyl/N-ethyl adjacent to an activating group) is 1. The number of nitrogens with zero attached hydrogens (tertiary/aromatic N) is 2. The Labute approximate surface area is 133 Å². The Morgan fingerprint density at radius 2 is 1.77 bits per heavy atom. The molecule has 0 spiro atoms. The van der Waals surface area contributed by atoms with Crippen LogP contribution in [0, 0.1) is 0 Å². The first-order valence-electron chi connectivity index (χ1n) is 8.23. The van der Waals surface area contributed by atoms with E-state index >= 15 is 0 Å². The standard InChI is InChI=1S/C19H26N2O/c1-20-12-14-21(15-13-20)11-5-8-18-17-7-4-3-6-16(17)9-10-19(18)22-2/h3-4,6-7,9-10H,5,8,11-15H2,1-2H3. The number of methoxy groups -OCH3 is 1. The normalized spacial score (nSPS) is 17.0. The van der Waals surface area contributed by atoms with E-state index in [2.05, 4.69) is 53.2 Å². The van der Waals surface area contributed by atoms with Crippen molar-refractivity contribution >= 4 is 10.8 Å². The summed E-state index contributed by atoms with van der Waals surface area (Å²) in [5.74, 6) is 1.03. The summed E-state index contributed by atoms with van der Waals surface area (Å²) in [6.45, 7) is 5.96. The predicted octanol–water partition coefficient (Wildman–Crippen LogP) is 3.03. The van der Waals surface area contributed by atoms with Gasteiger partial charge in [0.15, 0.2) is 0 Å². The third-order valence-corrected chi connectivity index (χ3v) is 4.71. The van der Waals surface area contributed by atoms with Gasteiger partial charge in [0.1, 0.15) is 5.75 Å². The largest absolute Gasteiger partial charge is 0.496 e. The molecule has 0 radical (unpaired) electrons. The lowest BCUT2D eigenvalue weighted by molar-refractivity contribution is 0.153. The Morgan fingerprint density at radius 1 is 1.00 bits per heavy atom. The van der Waals surface area contributed by atoms with Crippen molar-refractivity contribution in [3.63, 3.8) is 0 Å². The van der Waals surface area contributed by atoms with Crippen LogP contribution in [0.25, 0.3) is 10.8 Å². The summed E-state index contributed by atoms with van der Waals surface area (Å²) in [6.07, 6.45) is 2.27. The molecule has 2 aromatic rings. The molecule has 1 saturated heterocycles. The maximum absolute atomic E-state index is 5.59. The van der Waals surface area contributed by atoms with Crippen LogP contribution in [0.15, 0.2) is 36.4 Å². The van der Waals surface area contributed by atoms with Gasteiger partial charge in [-0.3, -0.25) is 0 Å². The number of rotatable bonds is 5. The minimum atomic E-state index is 1.03. The van der Waals surface area contributed by atoms with Crippen LogP contribution in [-0.2, 0) is 6.42 Å². The van der Waals surface area contributed by atoms with Crippen molar-refractivity contribution in [2.75, 3.05) is 46.9 Å². The van der Waals surface area contributed by atoms with Gasteiger partial charge >= 0.3 is 0 Å². The number of ether oxygens (including phenoxy) is 1. The highest BCUT2D eigenvalue weighted by Gasteiger charge is 2.14. The highest BCUT2D eigenvalue weighted by Crippen LogP contribution is 2.29. The van der Waals surface area contributed by atoms with Gasteiger partial charge in [-0.25, -0.2) is 0 Å². The molecule has 118 valence electrons. The molecule has 2 aromatic carbocycles. The first kappa shape index (κ1) is 15.3. The Morgan fingerprint density at radius 3 is 2.55 bits per heavy atom. The van der Waals surface area contributed by atoms with Crippen LogP contribution < -0.4 is 4.74 Å². The van der Waals surface area contributed by atoms with Crippen molar-refractivity contribution in [2.24, 2.45) is 0 Å². The van der Waals surface area contributed by atoms with Gasteiger partial charge in [-0.2, -0.15) is 0 Å². The van der Waals surface area contributed by atoms with Gasteiger partial charge in [0.2, 0.25) is 0 Å². The first-order valence-corrected chi connectivity index (χ1v) is 8.23. The van der Waals surface area contributed by atoms with E-state index in [1.807, 2.05) is 0 Å². The lowest BCUT2D eigenvalue weighted by atomic mass is 9.99. The number of hydrogen-bond acceptors (Lipinski definition) is 3. The third-order valence-electron chi connectivity index (χ3n) is 4.71. The Bertz CT molecular complexity index is 618. The van der Waals surface area contributed by atoms with Crippen LogP contribution in [0.4, 0.5) is 0 Å². The first-order chi connectivity index (χ1) is 10.8. The molecule has 0 amide bonds. The van der Waals surface area contributed by atoms with Gasteiger partial charge in [-0.1, -0.05) is 30.3 Å². The van der Waals surface area contributed by atoms with Gasteiger partial charge in [0, 0.05) is 31.7 Å². The van der Waals surface area contributed by atoms with Gasteiger partial charge in [-0.05, 0) is 43.3 Å². The third kappa shape index (κ3) is 3.42. The van der Waals surface area contributed by atoms with Crippen LogP contribution >= 0.6 is 0 Å². The van der Waals surface area contributed by atoms with E-state index in [4.69, 9.17) is 4.74 Å². The van der Waals surface area contributed by atoms with Crippen molar-refractivity contribution in [1.82, 2.24) is 9.80 Å². The number of piperazine rings is 1. The van der Waals surface area contributed by atoms with Crippen LogP contribution in [-0.4, -0.2) is 56.7 Å². The fourth-order valence-electron chi connectivity index (χ4n) is 3.32. The van der Waals surface area contributed by atoms with E-state index in [0.29, 0.717) is 0 Å². The average molecular weight is 298 g/mol. The van der Waals surface area contributed by atoms with E-state index in [9.17, 15) is 0 Å². The molecule has 0 atom stereocenters. The molecule has 3 heteroatoms. The van der Waals surface area contributed by atoms with Crippen LogP contribution in [0.1, 0.15) is 12.0 Å². The second-order valence-corrected chi connectivity index (χ2v) is 6.22. The SMILES string of the molecule is COc1ccc2ccccc2c1CCCN1CCN(C)CC1. The Balaban J connectivity index is 1.68. The highest BCUT2D eigenvalue weighted by molar-refractivity contribution is 5.87. The zero-order valence-corrected chi connectivity index (χ0v) is 13.7. The fourth-order valence-corrected chi connectivity index (χ4v) is 3.32. The minimum absolute atomic E-state index is 1.03.